The molecule has 0 rings (SSSR count). The standard InChI is InChI=1S/C14H30O4S.Mg.2H/c1-3-5-6-7-8-9-10-11-12-13-14-18-19(15,16)17-4-2;;;/h3-14H2,1-2H3;;;/q;+2;2*-1. The molecule has 0 saturated heterocycles. The molecule has 0 N–H and O–H groups in total. The van der Waals surface area contributed by atoms with Crippen LogP contribution in [0.5, 0.6) is 0 Å². The molecule has 0 bridgehead atoms. The molecule has 0 spiro atoms. The Bertz CT molecular complexity index is 291. The third-order valence-corrected chi connectivity index (χ3v) is 3.97. The van der Waals surface area contributed by atoms with E-state index in [9.17, 15) is 8.42 Å². The topological polar surface area (TPSA) is 52.6 Å². The second-order valence-corrected chi connectivity index (χ2v) is 6.11. The van der Waals surface area contributed by atoms with Crippen molar-refractivity contribution in [1.82, 2.24) is 0 Å². The third kappa shape index (κ3) is 16.7. The van der Waals surface area contributed by atoms with E-state index in [2.05, 4.69) is 11.1 Å². The smallest absolute Gasteiger partial charge is 1.00 e. The van der Waals surface area contributed by atoms with Crippen LogP contribution in [0.3, 0.4) is 0 Å². The van der Waals surface area contributed by atoms with Gasteiger partial charge in [0.1, 0.15) is 0 Å². The Morgan fingerprint density at radius 1 is 0.750 bits per heavy atom. The van der Waals surface area contributed by atoms with Crippen LogP contribution in [0.4, 0.5) is 0 Å². The molecule has 20 heavy (non-hydrogen) atoms. The van der Waals surface area contributed by atoms with E-state index in [1.54, 1.807) is 6.92 Å². The van der Waals surface area contributed by atoms with Gasteiger partial charge in [-0.1, -0.05) is 64.7 Å². The van der Waals surface area contributed by atoms with Crippen LogP contribution in [0.2, 0.25) is 0 Å². The van der Waals surface area contributed by atoms with E-state index >= 15 is 0 Å². The van der Waals surface area contributed by atoms with Crippen molar-refractivity contribution in [2.75, 3.05) is 13.2 Å². The van der Waals surface area contributed by atoms with E-state index in [-0.39, 0.29) is 39.1 Å². The van der Waals surface area contributed by atoms with E-state index in [0.717, 1.165) is 19.3 Å². The minimum atomic E-state index is -3.74. The predicted octanol–water partition coefficient (Wildman–Crippen LogP) is 4.05. The molecule has 0 aliphatic heterocycles. The van der Waals surface area contributed by atoms with Crippen LogP contribution in [-0.4, -0.2) is 44.7 Å². The first-order valence-corrected chi connectivity index (χ1v) is 8.99. The van der Waals surface area contributed by atoms with Crippen LogP contribution in [0.25, 0.3) is 0 Å². The largest absolute Gasteiger partial charge is 2.00 e. The van der Waals surface area contributed by atoms with E-state index < -0.39 is 10.4 Å². The summed E-state index contributed by atoms with van der Waals surface area (Å²) in [5.41, 5.74) is 0. The molecule has 6 heteroatoms. The second kappa shape index (κ2) is 16.0. The van der Waals surface area contributed by atoms with Crippen LogP contribution in [-0.2, 0) is 18.8 Å². The van der Waals surface area contributed by atoms with Crippen LogP contribution < -0.4 is 0 Å². The molecule has 0 radical (unpaired) electrons. The van der Waals surface area contributed by atoms with Gasteiger partial charge in [-0.2, -0.15) is 8.42 Å². The third-order valence-electron chi connectivity index (χ3n) is 2.99. The fourth-order valence-corrected chi connectivity index (χ4v) is 2.61. The van der Waals surface area contributed by atoms with Crippen LogP contribution in [0.15, 0.2) is 0 Å². The van der Waals surface area contributed by atoms with Gasteiger partial charge >= 0.3 is 33.5 Å². The molecule has 0 aliphatic carbocycles. The maximum absolute atomic E-state index is 11.0. The van der Waals surface area contributed by atoms with E-state index in [4.69, 9.17) is 4.18 Å². The Morgan fingerprint density at radius 2 is 1.20 bits per heavy atom. The zero-order valence-electron chi connectivity index (χ0n) is 15.2. The van der Waals surface area contributed by atoms with Gasteiger partial charge in [-0.3, -0.25) is 0 Å². The fourth-order valence-electron chi connectivity index (χ4n) is 1.93. The Hall–Kier alpha value is 0.636. The summed E-state index contributed by atoms with van der Waals surface area (Å²) in [6.45, 7) is 4.22. The summed E-state index contributed by atoms with van der Waals surface area (Å²) >= 11 is 0. The van der Waals surface area contributed by atoms with Crippen molar-refractivity contribution in [2.24, 2.45) is 0 Å². The number of unbranched alkanes of at least 4 members (excludes halogenated alkanes) is 9. The molecule has 0 saturated carbocycles. The summed E-state index contributed by atoms with van der Waals surface area (Å²) in [6, 6.07) is 0. The minimum absolute atomic E-state index is 0. The van der Waals surface area contributed by atoms with Crippen molar-refractivity contribution < 1.29 is 19.6 Å². The normalized spacial score (nSPS) is 11.3. The molecule has 0 amide bonds. The molecule has 0 unspecified atom stereocenters. The van der Waals surface area contributed by atoms with Crippen LogP contribution in [0.1, 0.15) is 80.9 Å². The van der Waals surface area contributed by atoms with Gasteiger partial charge in [0.2, 0.25) is 0 Å². The summed E-state index contributed by atoms with van der Waals surface area (Å²) in [6.07, 6.45) is 12.2. The quantitative estimate of drug-likeness (QED) is 0.358. The first-order chi connectivity index (χ1) is 9.12. The van der Waals surface area contributed by atoms with E-state index in [1.807, 2.05) is 0 Å². The Morgan fingerprint density at radius 3 is 1.65 bits per heavy atom. The van der Waals surface area contributed by atoms with Gasteiger partial charge in [0.15, 0.2) is 0 Å². The minimum Gasteiger partial charge on any atom is -1.00 e. The molecule has 0 heterocycles. The molecule has 4 nitrogen and oxygen atoms in total. The van der Waals surface area contributed by atoms with Gasteiger partial charge < -0.3 is 2.85 Å². The molecule has 0 aliphatic rings. The average Bonchev–Trinajstić information content (AvgIpc) is 2.36. The van der Waals surface area contributed by atoms with Crippen molar-refractivity contribution in [3.8, 4) is 0 Å². The maximum atomic E-state index is 11.0. The van der Waals surface area contributed by atoms with Crippen molar-refractivity contribution in [3.05, 3.63) is 0 Å². The maximum Gasteiger partial charge on any atom is 2.00 e. The summed E-state index contributed by atoms with van der Waals surface area (Å²) < 4.78 is 31.3. The van der Waals surface area contributed by atoms with Gasteiger partial charge in [0.05, 0.1) is 13.2 Å². The summed E-state index contributed by atoms with van der Waals surface area (Å²) in [5, 5.41) is 0. The molecule has 120 valence electrons. The van der Waals surface area contributed by atoms with E-state index in [0.29, 0.717) is 0 Å². The van der Waals surface area contributed by atoms with Crippen molar-refractivity contribution in [2.45, 2.75) is 78.1 Å². The van der Waals surface area contributed by atoms with E-state index in [1.165, 1.54) is 44.9 Å². The van der Waals surface area contributed by atoms with Crippen molar-refractivity contribution >= 4 is 33.5 Å². The van der Waals surface area contributed by atoms with Crippen LogP contribution in [0, 0.1) is 0 Å². The van der Waals surface area contributed by atoms with Gasteiger partial charge in [0.25, 0.3) is 0 Å². The van der Waals surface area contributed by atoms with Gasteiger partial charge in [-0.15, -0.1) is 0 Å². The fraction of sp³-hybridized carbons (Fsp3) is 1.00. The average molecular weight is 321 g/mol. The Balaban J connectivity index is -0.000000540. The first kappa shape index (κ1) is 22.9. The predicted molar refractivity (Wildman–Crippen MR) is 86.3 cm³/mol. The van der Waals surface area contributed by atoms with Gasteiger partial charge in [-0.25, -0.2) is 8.37 Å². The summed E-state index contributed by atoms with van der Waals surface area (Å²) in [4.78, 5) is 0. The van der Waals surface area contributed by atoms with Crippen molar-refractivity contribution in [1.29, 1.82) is 0 Å². The Kier molecular flexibility index (Phi) is 18.3. The molecule has 0 aromatic heterocycles. The Labute approximate surface area is 144 Å². The molecule has 0 aromatic carbocycles. The molecular formula is C14H32MgO4S. The monoisotopic (exact) mass is 320 g/mol. The second-order valence-electron chi connectivity index (χ2n) is 4.82. The zero-order valence-corrected chi connectivity index (χ0v) is 15.5. The SMILES string of the molecule is CCCCCCCCCCCCOS(=O)(=O)OCC.[H-].[H-].[Mg+2]. The zero-order chi connectivity index (χ0) is 14.4. The van der Waals surface area contributed by atoms with Gasteiger partial charge in [-0.05, 0) is 13.3 Å². The number of hydrogen-bond donors (Lipinski definition) is 0. The summed E-state index contributed by atoms with van der Waals surface area (Å²) in [7, 11) is -3.74. The molecule has 0 aromatic rings. The van der Waals surface area contributed by atoms with Crippen LogP contribution >= 0.6 is 0 Å². The molecular weight excluding hydrogens is 289 g/mol. The summed E-state index contributed by atoms with van der Waals surface area (Å²) in [5.74, 6) is 0. The van der Waals surface area contributed by atoms with Crippen molar-refractivity contribution in [3.63, 3.8) is 0 Å². The molecule has 0 atom stereocenters. The molecule has 0 fully saturated rings. The van der Waals surface area contributed by atoms with Gasteiger partial charge in [0, 0.05) is 0 Å². The first-order valence-electron chi connectivity index (χ1n) is 7.66. The number of hydrogen-bond acceptors (Lipinski definition) is 4. The number of rotatable bonds is 14.